The second-order valence-corrected chi connectivity index (χ2v) is 12.2. The van der Waals surface area contributed by atoms with Gasteiger partial charge in [-0.05, 0) is 66.9 Å². The number of ether oxygens (including phenoxy) is 2. The number of halogens is 6. The van der Waals surface area contributed by atoms with E-state index in [9.17, 15) is 41.1 Å². The van der Waals surface area contributed by atoms with Crippen LogP contribution < -0.4 is 31.3 Å². The number of amides is 3. The third-order valence-corrected chi connectivity index (χ3v) is 8.08. The van der Waals surface area contributed by atoms with Crippen molar-refractivity contribution < 1.29 is 50.6 Å². The lowest BCUT2D eigenvalue weighted by Gasteiger charge is -2.19. The zero-order valence-electron chi connectivity index (χ0n) is 28.0. The molecule has 3 aromatic carbocycles. The summed E-state index contributed by atoms with van der Waals surface area (Å²) in [7, 11) is 1.03. The van der Waals surface area contributed by atoms with Gasteiger partial charge in [0.25, 0.3) is 5.91 Å². The van der Waals surface area contributed by atoms with Gasteiger partial charge in [-0.3, -0.25) is 14.4 Å². The maximum atomic E-state index is 13.8. The molecule has 14 nitrogen and oxygen atoms in total. The van der Waals surface area contributed by atoms with Crippen LogP contribution in [0.15, 0.2) is 66.7 Å². The molecule has 284 valence electrons. The highest BCUT2D eigenvalue weighted by molar-refractivity contribution is 6.35. The number of nitrogens with one attached hydrogen (secondary N) is 5. The SMILES string of the molecule is COC(=O)[C@H](CNC(=O)C(=O)NCc1c(F)cccc1F)NC(=O)c1ccc(Nc2nc(NC3(c4ccc(Cl)cc4)CC3)nc(OCC(F)(F)F)n2)cc1. The van der Waals surface area contributed by atoms with Gasteiger partial charge >= 0.3 is 30.0 Å². The normalized spacial score (nSPS) is 13.5. The summed E-state index contributed by atoms with van der Waals surface area (Å²) >= 11 is 6.01. The van der Waals surface area contributed by atoms with Crippen molar-refractivity contribution >= 4 is 52.9 Å². The maximum absolute atomic E-state index is 13.8. The van der Waals surface area contributed by atoms with Crippen molar-refractivity contribution in [2.45, 2.75) is 37.1 Å². The monoisotopic (exact) mass is 776 g/mol. The van der Waals surface area contributed by atoms with Gasteiger partial charge in [-0.2, -0.15) is 28.1 Å². The van der Waals surface area contributed by atoms with E-state index >= 15 is 0 Å². The highest BCUT2D eigenvalue weighted by Crippen LogP contribution is 2.48. The van der Waals surface area contributed by atoms with Crippen molar-refractivity contribution in [3.8, 4) is 6.01 Å². The van der Waals surface area contributed by atoms with Crippen molar-refractivity contribution in [3.05, 3.63) is 100 Å². The average molecular weight is 777 g/mol. The molecular formula is C34H30ClF5N8O6. The molecule has 5 N–H and O–H groups in total. The van der Waals surface area contributed by atoms with Crippen molar-refractivity contribution in [2.75, 3.05) is 30.9 Å². The molecule has 0 radical (unpaired) electrons. The number of rotatable bonds is 14. The zero-order chi connectivity index (χ0) is 39.0. The molecule has 0 saturated heterocycles. The fourth-order valence-electron chi connectivity index (χ4n) is 4.91. The van der Waals surface area contributed by atoms with Crippen molar-refractivity contribution in [2.24, 2.45) is 0 Å². The Labute approximate surface area is 308 Å². The standard InChI is InChI=1S/C34H30ClF5N8O6/c1-53-29(52)25(16-42-28(51)27(50)41-15-22-23(36)3-2-4-24(22)37)44-26(49)18-5-11-21(12-6-18)43-30-45-31(47-32(46-30)54-17-34(38,39)40)48-33(13-14-33)19-7-9-20(35)10-8-19/h2-12,25H,13-17H2,1H3,(H,41,50)(H,42,51)(H,44,49)(H2,43,45,46,47,48)/t25-/m0/s1. The van der Waals surface area contributed by atoms with E-state index in [-0.39, 0.29) is 17.5 Å². The van der Waals surface area contributed by atoms with Gasteiger partial charge in [0.2, 0.25) is 11.9 Å². The van der Waals surface area contributed by atoms with Gasteiger partial charge < -0.3 is 36.1 Å². The molecule has 0 unspecified atom stereocenters. The van der Waals surface area contributed by atoms with E-state index in [0.717, 1.165) is 30.9 Å². The number of hydrogen-bond acceptors (Lipinski definition) is 11. The first kappa shape index (κ1) is 39.1. The van der Waals surface area contributed by atoms with Crippen LogP contribution in [0.3, 0.4) is 0 Å². The molecule has 0 aliphatic heterocycles. The van der Waals surface area contributed by atoms with E-state index < -0.39 is 84.4 Å². The summed E-state index contributed by atoms with van der Waals surface area (Å²) in [5.41, 5.74) is 0.135. The van der Waals surface area contributed by atoms with Crippen LogP contribution in [0, 0.1) is 11.6 Å². The zero-order valence-corrected chi connectivity index (χ0v) is 28.8. The predicted octanol–water partition coefficient (Wildman–Crippen LogP) is 4.29. The lowest BCUT2D eigenvalue weighted by atomic mass is 10.1. The summed E-state index contributed by atoms with van der Waals surface area (Å²) in [5, 5.41) is 13.1. The topological polar surface area (TPSA) is 186 Å². The van der Waals surface area contributed by atoms with E-state index in [4.69, 9.17) is 16.3 Å². The Morgan fingerprint density at radius 1 is 0.870 bits per heavy atom. The molecule has 54 heavy (non-hydrogen) atoms. The van der Waals surface area contributed by atoms with Crippen LogP contribution in [0.4, 0.5) is 39.5 Å². The Morgan fingerprint density at radius 2 is 1.50 bits per heavy atom. The molecule has 0 spiro atoms. The largest absolute Gasteiger partial charge is 0.467 e. The van der Waals surface area contributed by atoms with Gasteiger partial charge in [-0.25, -0.2) is 13.6 Å². The summed E-state index contributed by atoms with van der Waals surface area (Å²) in [6.45, 7) is -2.87. The Bertz CT molecular complexity index is 2000. The van der Waals surface area contributed by atoms with Crippen LogP contribution in [-0.2, 0) is 31.2 Å². The van der Waals surface area contributed by atoms with E-state index in [1.165, 1.54) is 24.3 Å². The molecule has 1 heterocycles. The molecule has 0 bridgehead atoms. The Kier molecular flexibility index (Phi) is 12.1. The second-order valence-electron chi connectivity index (χ2n) is 11.7. The summed E-state index contributed by atoms with van der Waals surface area (Å²) in [4.78, 5) is 62.1. The maximum Gasteiger partial charge on any atom is 0.422 e. The minimum absolute atomic E-state index is 0.0243. The number of methoxy groups -OCH3 is 1. The van der Waals surface area contributed by atoms with Gasteiger partial charge in [0.05, 0.1) is 12.6 Å². The van der Waals surface area contributed by atoms with Crippen LogP contribution in [0.25, 0.3) is 0 Å². The molecule has 20 heteroatoms. The average Bonchev–Trinajstić information content (AvgIpc) is 3.92. The Hall–Kier alpha value is -6.11. The van der Waals surface area contributed by atoms with E-state index in [1.54, 1.807) is 12.1 Å². The van der Waals surface area contributed by atoms with Crippen LogP contribution in [0.2, 0.25) is 5.02 Å². The molecule has 1 saturated carbocycles. The first-order chi connectivity index (χ1) is 25.6. The van der Waals surface area contributed by atoms with Gasteiger partial charge in [-0.15, -0.1) is 0 Å². The molecule has 1 aromatic heterocycles. The Balaban J connectivity index is 1.22. The highest BCUT2D eigenvalue weighted by Gasteiger charge is 2.45. The fraction of sp³-hybridized carbons (Fsp3) is 0.265. The molecule has 4 aromatic rings. The minimum Gasteiger partial charge on any atom is -0.467 e. The van der Waals surface area contributed by atoms with E-state index in [1.807, 2.05) is 12.1 Å². The lowest BCUT2D eigenvalue weighted by molar-refractivity contribution is -0.154. The van der Waals surface area contributed by atoms with Crippen LogP contribution in [0.1, 0.15) is 34.3 Å². The van der Waals surface area contributed by atoms with Crippen LogP contribution in [-0.4, -0.2) is 71.1 Å². The number of anilines is 3. The smallest absolute Gasteiger partial charge is 0.422 e. The molecule has 1 atom stereocenters. The fourth-order valence-corrected chi connectivity index (χ4v) is 5.04. The molecule has 5 rings (SSSR count). The number of aromatic nitrogens is 3. The minimum atomic E-state index is -4.66. The highest BCUT2D eigenvalue weighted by atomic mass is 35.5. The van der Waals surface area contributed by atoms with Crippen molar-refractivity contribution in [1.29, 1.82) is 0 Å². The number of nitrogens with zero attached hydrogens (tertiary/aromatic N) is 3. The number of esters is 1. The van der Waals surface area contributed by atoms with Gasteiger partial charge in [0.1, 0.15) is 17.7 Å². The summed E-state index contributed by atoms with van der Waals surface area (Å²) in [5.74, 6) is -6.39. The number of carbonyl (C=O) groups is 4. The number of hydrogen-bond donors (Lipinski definition) is 5. The summed E-state index contributed by atoms with van der Waals surface area (Å²) in [6, 6.07) is 13.6. The van der Waals surface area contributed by atoms with E-state index in [0.29, 0.717) is 23.6 Å². The lowest BCUT2D eigenvalue weighted by Crippen LogP contribution is -2.51. The van der Waals surface area contributed by atoms with Crippen LogP contribution in [0.5, 0.6) is 6.01 Å². The predicted molar refractivity (Wildman–Crippen MR) is 182 cm³/mol. The van der Waals surface area contributed by atoms with Crippen molar-refractivity contribution in [3.63, 3.8) is 0 Å². The summed E-state index contributed by atoms with van der Waals surface area (Å²) < 4.78 is 75.9. The molecule has 1 aliphatic rings. The third kappa shape index (κ3) is 10.5. The quantitative estimate of drug-likeness (QED) is 0.0699. The number of carbonyl (C=O) groups excluding carboxylic acids is 4. The van der Waals surface area contributed by atoms with Crippen molar-refractivity contribution in [1.82, 2.24) is 30.9 Å². The first-order valence-electron chi connectivity index (χ1n) is 15.9. The van der Waals surface area contributed by atoms with Crippen LogP contribution >= 0.6 is 11.6 Å². The third-order valence-electron chi connectivity index (χ3n) is 7.83. The van der Waals surface area contributed by atoms with Gasteiger partial charge in [0, 0.05) is 34.9 Å². The van der Waals surface area contributed by atoms with Gasteiger partial charge in [0.15, 0.2) is 6.61 Å². The van der Waals surface area contributed by atoms with Gasteiger partial charge in [-0.1, -0.05) is 29.8 Å². The molecule has 1 fully saturated rings. The Morgan fingerprint density at radius 3 is 2.11 bits per heavy atom. The number of alkyl halides is 3. The molecular weight excluding hydrogens is 747 g/mol. The second kappa shape index (κ2) is 16.7. The first-order valence-corrected chi connectivity index (χ1v) is 16.3. The van der Waals surface area contributed by atoms with E-state index in [2.05, 4.69) is 46.3 Å². The molecule has 3 amide bonds. The number of benzene rings is 3. The molecule has 1 aliphatic carbocycles. The summed E-state index contributed by atoms with van der Waals surface area (Å²) in [6.07, 6.45) is -3.29.